The molecular formula is C19H24N4O. The Labute approximate surface area is 143 Å². The maximum absolute atomic E-state index is 12.5. The molecule has 2 heterocycles. The summed E-state index contributed by atoms with van der Waals surface area (Å²) in [7, 11) is 1.91. The molecule has 0 N–H and O–H groups in total. The highest BCUT2D eigenvalue weighted by Crippen LogP contribution is 2.23. The molecule has 1 aromatic carbocycles. The van der Waals surface area contributed by atoms with E-state index >= 15 is 0 Å². The predicted molar refractivity (Wildman–Crippen MR) is 94.9 cm³/mol. The van der Waals surface area contributed by atoms with Gasteiger partial charge in [0.1, 0.15) is 0 Å². The topological polar surface area (TPSA) is 49.3 Å². The van der Waals surface area contributed by atoms with Gasteiger partial charge in [0.25, 0.3) is 0 Å². The van der Waals surface area contributed by atoms with Crippen LogP contribution in [0, 0.1) is 6.92 Å². The number of anilines is 1. The standard InChI is InChI=1S/C19H24N4O/c1-15-4-3-5-18(12-15)23-10-6-17(7-11-23)22(2)19(24)13-16-14-20-8-9-21-16/h3-5,8-9,12,14,17H,6-7,10-11,13H2,1-2H3. The van der Waals surface area contributed by atoms with E-state index in [9.17, 15) is 4.79 Å². The van der Waals surface area contributed by atoms with Gasteiger partial charge in [0.15, 0.2) is 0 Å². The number of piperidine rings is 1. The minimum absolute atomic E-state index is 0.115. The molecule has 24 heavy (non-hydrogen) atoms. The van der Waals surface area contributed by atoms with Crippen molar-refractivity contribution >= 4 is 11.6 Å². The highest BCUT2D eigenvalue weighted by molar-refractivity contribution is 5.78. The largest absolute Gasteiger partial charge is 0.371 e. The van der Waals surface area contributed by atoms with Crippen LogP contribution >= 0.6 is 0 Å². The van der Waals surface area contributed by atoms with E-state index in [0.717, 1.165) is 31.6 Å². The van der Waals surface area contributed by atoms with Crippen LogP contribution in [0.25, 0.3) is 0 Å². The lowest BCUT2D eigenvalue weighted by molar-refractivity contribution is -0.131. The van der Waals surface area contributed by atoms with Crippen LogP contribution in [0.5, 0.6) is 0 Å². The van der Waals surface area contributed by atoms with Crippen LogP contribution in [0.2, 0.25) is 0 Å². The Kier molecular flexibility index (Phi) is 5.08. The molecule has 0 aliphatic carbocycles. The van der Waals surface area contributed by atoms with E-state index in [-0.39, 0.29) is 5.91 Å². The molecule has 1 aliphatic rings. The Morgan fingerprint density at radius 3 is 2.75 bits per heavy atom. The summed E-state index contributed by atoms with van der Waals surface area (Å²) in [4.78, 5) is 25.0. The summed E-state index contributed by atoms with van der Waals surface area (Å²) >= 11 is 0. The number of benzene rings is 1. The van der Waals surface area contributed by atoms with E-state index in [0.29, 0.717) is 12.5 Å². The van der Waals surface area contributed by atoms with Crippen molar-refractivity contribution in [2.24, 2.45) is 0 Å². The summed E-state index contributed by atoms with van der Waals surface area (Å²) in [6.07, 6.45) is 7.23. The molecule has 1 saturated heterocycles. The average Bonchev–Trinajstić information content (AvgIpc) is 2.62. The Morgan fingerprint density at radius 1 is 1.29 bits per heavy atom. The number of aromatic nitrogens is 2. The Morgan fingerprint density at radius 2 is 2.08 bits per heavy atom. The number of carbonyl (C=O) groups is 1. The van der Waals surface area contributed by atoms with Gasteiger partial charge >= 0.3 is 0 Å². The molecule has 0 bridgehead atoms. The summed E-state index contributed by atoms with van der Waals surface area (Å²) < 4.78 is 0. The van der Waals surface area contributed by atoms with Gasteiger partial charge in [-0.25, -0.2) is 0 Å². The number of rotatable bonds is 4. The van der Waals surface area contributed by atoms with Crippen LogP contribution in [0.15, 0.2) is 42.9 Å². The van der Waals surface area contributed by atoms with Gasteiger partial charge in [0.05, 0.1) is 12.1 Å². The third kappa shape index (κ3) is 3.91. The highest BCUT2D eigenvalue weighted by Gasteiger charge is 2.25. The van der Waals surface area contributed by atoms with Crippen LogP contribution < -0.4 is 4.90 Å². The van der Waals surface area contributed by atoms with Gasteiger partial charge in [-0.05, 0) is 37.5 Å². The second-order valence-corrected chi connectivity index (χ2v) is 6.44. The molecule has 5 nitrogen and oxygen atoms in total. The van der Waals surface area contributed by atoms with E-state index in [4.69, 9.17) is 0 Å². The van der Waals surface area contributed by atoms with Crippen molar-refractivity contribution < 1.29 is 4.79 Å². The van der Waals surface area contributed by atoms with Gasteiger partial charge in [-0.15, -0.1) is 0 Å². The fraction of sp³-hybridized carbons (Fsp3) is 0.421. The fourth-order valence-corrected chi connectivity index (χ4v) is 3.24. The SMILES string of the molecule is Cc1cccc(N2CCC(N(C)C(=O)Cc3cnccn3)CC2)c1. The van der Waals surface area contributed by atoms with Crippen LogP contribution in [0.3, 0.4) is 0 Å². The van der Waals surface area contributed by atoms with Crippen molar-refractivity contribution in [1.82, 2.24) is 14.9 Å². The Hall–Kier alpha value is -2.43. The van der Waals surface area contributed by atoms with Crippen LogP contribution in [-0.4, -0.2) is 47.0 Å². The lowest BCUT2D eigenvalue weighted by atomic mass is 10.0. The molecule has 0 saturated carbocycles. The molecule has 1 fully saturated rings. The number of nitrogens with zero attached hydrogens (tertiary/aromatic N) is 4. The molecule has 0 spiro atoms. The van der Waals surface area contributed by atoms with Crippen molar-refractivity contribution in [2.75, 3.05) is 25.0 Å². The van der Waals surface area contributed by atoms with E-state index in [1.54, 1.807) is 18.6 Å². The highest BCUT2D eigenvalue weighted by atomic mass is 16.2. The first-order valence-electron chi connectivity index (χ1n) is 8.45. The van der Waals surface area contributed by atoms with Crippen molar-refractivity contribution in [3.63, 3.8) is 0 Å². The number of hydrogen-bond donors (Lipinski definition) is 0. The van der Waals surface area contributed by atoms with E-state index in [1.165, 1.54) is 11.3 Å². The van der Waals surface area contributed by atoms with Crippen molar-refractivity contribution in [3.8, 4) is 0 Å². The van der Waals surface area contributed by atoms with E-state index < -0.39 is 0 Å². The average molecular weight is 324 g/mol. The molecule has 0 radical (unpaired) electrons. The molecule has 126 valence electrons. The smallest absolute Gasteiger partial charge is 0.228 e. The first-order valence-corrected chi connectivity index (χ1v) is 8.45. The predicted octanol–water partition coefficient (Wildman–Crippen LogP) is 2.45. The molecular weight excluding hydrogens is 300 g/mol. The van der Waals surface area contributed by atoms with E-state index in [2.05, 4.69) is 46.1 Å². The molecule has 2 aromatic rings. The second-order valence-electron chi connectivity index (χ2n) is 6.44. The summed E-state index contributed by atoms with van der Waals surface area (Å²) in [5.41, 5.74) is 3.29. The Bertz CT molecular complexity index is 681. The zero-order valence-electron chi connectivity index (χ0n) is 14.4. The first kappa shape index (κ1) is 16.4. The lowest BCUT2D eigenvalue weighted by Crippen LogP contribution is -2.46. The summed E-state index contributed by atoms with van der Waals surface area (Å²) in [5.74, 6) is 0.115. The number of aryl methyl sites for hydroxylation is 1. The third-order valence-corrected chi connectivity index (χ3v) is 4.72. The molecule has 0 unspecified atom stereocenters. The molecule has 0 atom stereocenters. The number of carbonyl (C=O) groups excluding carboxylic acids is 1. The van der Waals surface area contributed by atoms with Crippen LogP contribution in [-0.2, 0) is 11.2 Å². The van der Waals surface area contributed by atoms with Crippen molar-refractivity contribution in [3.05, 3.63) is 54.1 Å². The normalized spacial score (nSPS) is 15.3. The van der Waals surface area contributed by atoms with Gasteiger partial charge in [-0.2, -0.15) is 0 Å². The summed E-state index contributed by atoms with van der Waals surface area (Å²) in [5, 5.41) is 0. The maximum atomic E-state index is 12.5. The molecule has 1 amide bonds. The number of amides is 1. The minimum Gasteiger partial charge on any atom is -0.371 e. The van der Waals surface area contributed by atoms with Gasteiger partial charge in [0, 0.05) is 50.5 Å². The molecule has 3 rings (SSSR count). The maximum Gasteiger partial charge on any atom is 0.228 e. The fourth-order valence-electron chi connectivity index (χ4n) is 3.24. The monoisotopic (exact) mass is 324 g/mol. The van der Waals surface area contributed by atoms with Gasteiger partial charge in [0.2, 0.25) is 5.91 Å². The third-order valence-electron chi connectivity index (χ3n) is 4.72. The van der Waals surface area contributed by atoms with Gasteiger partial charge < -0.3 is 9.80 Å². The molecule has 1 aliphatic heterocycles. The summed E-state index contributed by atoms with van der Waals surface area (Å²) in [6, 6.07) is 8.91. The zero-order valence-corrected chi connectivity index (χ0v) is 14.4. The second kappa shape index (κ2) is 7.43. The zero-order chi connectivity index (χ0) is 16.9. The van der Waals surface area contributed by atoms with Crippen LogP contribution in [0.4, 0.5) is 5.69 Å². The van der Waals surface area contributed by atoms with Crippen molar-refractivity contribution in [1.29, 1.82) is 0 Å². The Balaban J connectivity index is 1.55. The summed E-state index contributed by atoms with van der Waals surface area (Å²) in [6.45, 7) is 4.09. The molecule has 1 aromatic heterocycles. The van der Waals surface area contributed by atoms with Crippen molar-refractivity contribution in [2.45, 2.75) is 32.2 Å². The number of hydrogen-bond acceptors (Lipinski definition) is 4. The van der Waals surface area contributed by atoms with Crippen LogP contribution in [0.1, 0.15) is 24.1 Å². The van der Waals surface area contributed by atoms with E-state index in [1.807, 2.05) is 11.9 Å². The quantitative estimate of drug-likeness (QED) is 0.867. The number of likely N-dealkylation sites (N-methyl/N-ethyl adjacent to an activating group) is 1. The lowest BCUT2D eigenvalue weighted by Gasteiger charge is -2.38. The minimum atomic E-state index is 0.115. The first-order chi connectivity index (χ1) is 11.6. The van der Waals surface area contributed by atoms with Gasteiger partial charge in [-0.1, -0.05) is 12.1 Å². The molecule has 5 heteroatoms. The van der Waals surface area contributed by atoms with Gasteiger partial charge in [-0.3, -0.25) is 14.8 Å².